The van der Waals surface area contributed by atoms with Gasteiger partial charge in [0.2, 0.25) is 5.13 Å². The minimum atomic E-state index is 0.534. The van der Waals surface area contributed by atoms with Crippen LogP contribution >= 0.6 is 11.5 Å². The highest BCUT2D eigenvalue weighted by molar-refractivity contribution is 7.09. The molecule has 0 atom stereocenters. The first-order chi connectivity index (χ1) is 11.1. The molecule has 0 spiro atoms. The fraction of sp³-hybridized carbons (Fsp3) is 0.500. The van der Waals surface area contributed by atoms with Gasteiger partial charge in [0, 0.05) is 36.6 Å². The molecule has 0 bridgehead atoms. The summed E-state index contributed by atoms with van der Waals surface area (Å²) in [5, 5.41) is 4.08. The van der Waals surface area contributed by atoms with Gasteiger partial charge in [-0.3, -0.25) is 0 Å². The van der Waals surface area contributed by atoms with Crippen LogP contribution in [0.1, 0.15) is 25.2 Å². The minimum Gasteiger partial charge on any atom is -0.496 e. The minimum absolute atomic E-state index is 0.534. The maximum Gasteiger partial charge on any atom is 0.202 e. The van der Waals surface area contributed by atoms with Gasteiger partial charge in [0.25, 0.3) is 0 Å². The van der Waals surface area contributed by atoms with Gasteiger partial charge < -0.3 is 19.5 Å². The summed E-state index contributed by atoms with van der Waals surface area (Å²) < 4.78 is 20.5. The Labute approximate surface area is 141 Å². The van der Waals surface area contributed by atoms with Crippen molar-refractivity contribution in [3.05, 3.63) is 23.5 Å². The Morgan fingerprint density at radius 1 is 1.09 bits per heavy atom. The summed E-state index contributed by atoms with van der Waals surface area (Å²) in [6.45, 7) is 4.84. The monoisotopic (exact) mass is 337 g/mol. The van der Waals surface area contributed by atoms with Crippen LogP contribution in [0, 0.1) is 5.92 Å². The normalized spacial score (nSPS) is 10.7. The maximum atomic E-state index is 5.44. The van der Waals surface area contributed by atoms with Crippen molar-refractivity contribution in [2.24, 2.45) is 5.92 Å². The summed E-state index contributed by atoms with van der Waals surface area (Å²) in [4.78, 5) is 4.50. The molecule has 0 saturated heterocycles. The van der Waals surface area contributed by atoms with Gasteiger partial charge in [0.05, 0.1) is 26.9 Å². The highest BCUT2D eigenvalue weighted by atomic mass is 32.1. The molecule has 0 aliphatic carbocycles. The summed E-state index contributed by atoms with van der Waals surface area (Å²) >= 11 is 1.37. The van der Waals surface area contributed by atoms with E-state index in [2.05, 4.69) is 28.5 Å². The summed E-state index contributed by atoms with van der Waals surface area (Å²) in [5.41, 5.74) is 0.913. The first kappa shape index (κ1) is 17.3. The smallest absolute Gasteiger partial charge is 0.202 e. The fourth-order valence-electron chi connectivity index (χ4n) is 2.19. The van der Waals surface area contributed by atoms with Crippen molar-refractivity contribution in [1.29, 1.82) is 0 Å². The van der Waals surface area contributed by atoms with Crippen LogP contribution in [0.5, 0.6) is 17.2 Å². The molecule has 23 heavy (non-hydrogen) atoms. The van der Waals surface area contributed by atoms with Gasteiger partial charge in [-0.1, -0.05) is 13.8 Å². The highest BCUT2D eigenvalue weighted by Gasteiger charge is 2.14. The Bertz CT molecular complexity index is 618. The zero-order valence-corrected chi connectivity index (χ0v) is 15.0. The lowest BCUT2D eigenvalue weighted by Crippen LogP contribution is -2.05. The second-order valence-electron chi connectivity index (χ2n) is 5.48. The number of nitrogens with one attached hydrogen (secondary N) is 1. The molecule has 0 unspecified atom stereocenters. The number of hydrogen-bond acceptors (Lipinski definition) is 7. The molecule has 0 saturated carbocycles. The van der Waals surface area contributed by atoms with Gasteiger partial charge in [0.1, 0.15) is 23.1 Å². The zero-order chi connectivity index (χ0) is 16.8. The lowest BCUT2D eigenvalue weighted by molar-refractivity contribution is 0.369. The van der Waals surface area contributed by atoms with E-state index >= 15 is 0 Å². The van der Waals surface area contributed by atoms with E-state index in [1.54, 1.807) is 21.3 Å². The molecule has 1 aromatic heterocycles. The number of ether oxygens (including phenoxy) is 3. The second kappa shape index (κ2) is 8.01. The summed E-state index contributed by atoms with van der Waals surface area (Å²) in [6.07, 6.45) is 0.882. The molecular weight excluding hydrogens is 314 g/mol. The van der Waals surface area contributed by atoms with E-state index < -0.39 is 0 Å². The molecule has 126 valence electrons. The van der Waals surface area contributed by atoms with E-state index in [9.17, 15) is 0 Å². The quantitative estimate of drug-likeness (QED) is 0.797. The Kier molecular flexibility index (Phi) is 6.04. The molecule has 0 amide bonds. The average Bonchev–Trinajstić information content (AvgIpc) is 2.98. The van der Waals surface area contributed by atoms with Crippen LogP contribution in [0.15, 0.2) is 12.1 Å². The summed E-state index contributed by atoms with van der Waals surface area (Å²) in [7, 11) is 4.87. The standard InChI is InChI=1S/C16H23N3O3S/c1-10(2)6-15-18-16(23-19-15)17-9-12-13(21-4)7-11(20-3)8-14(12)22-5/h7-8,10H,6,9H2,1-5H3,(H,17,18,19). The van der Waals surface area contributed by atoms with Gasteiger partial charge >= 0.3 is 0 Å². The van der Waals surface area contributed by atoms with E-state index in [1.807, 2.05) is 12.1 Å². The van der Waals surface area contributed by atoms with E-state index in [1.165, 1.54) is 11.5 Å². The van der Waals surface area contributed by atoms with E-state index in [-0.39, 0.29) is 0 Å². The van der Waals surface area contributed by atoms with Crippen LogP contribution in [0.2, 0.25) is 0 Å². The molecule has 0 radical (unpaired) electrons. The molecule has 0 aliphatic rings. The van der Waals surface area contributed by atoms with Crippen molar-refractivity contribution in [3.63, 3.8) is 0 Å². The van der Waals surface area contributed by atoms with Gasteiger partial charge in [-0.05, 0) is 5.92 Å². The first-order valence-corrected chi connectivity index (χ1v) is 8.20. The first-order valence-electron chi connectivity index (χ1n) is 7.42. The Morgan fingerprint density at radius 2 is 1.74 bits per heavy atom. The zero-order valence-electron chi connectivity index (χ0n) is 14.2. The number of rotatable bonds is 8. The number of nitrogens with zero attached hydrogens (tertiary/aromatic N) is 2. The Balaban J connectivity index is 2.14. The molecule has 1 aromatic carbocycles. The van der Waals surface area contributed by atoms with E-state index in [4.69, 9.17) is 14.2 Å². The lowest BCUT2D eigenvalue weighted by Gasteiger charge is -2.15. The molecule has 1 N–H and O–H groups in total. The average molecular weight is 337 g/mol. The predicted molar refractivity (Wildman–Crippen MR) is 91.9 cm³/mol. The number of aromatic nitrogens is 2. The predicted octanol–water partition coefficient (Wildman–Crippen LogP) is 3.37. The van der Waals surface area contributed by atoms with Crippen molar-refractivity contribution in [1.82, 2.24) is 9.36 Å². The second-order valence-corrected chi connectivity index (χ2v) is 6.23. The fourth-order valence-corrected chi connectivity index (χ4v) is 2.78. The van der Waals surface area contributed by atoms with Crippen molar-refractivity contribution in [2.75, 3.05) is 26.6 Å². The molecule has 6 nitrogen and oxygen atoms in total. The van der Waals surface area contributed by atoms with Crippen molar-refractivity contribution >= 4 is 16.7 Å². The van der Waals surface area contributed by atoms with Crippen LogP contribution in [0.3, 0.4) is 0 Å². The number of hydrogen-bond donors (Lipinski definition) is 1. The van der Waals surface area contributed by atoms with Gasteiger partial charge in [-0.2, -0.15) is 4.37 Å². The third-order valence-electron chi connectivity index (χ3n) is 3.29. The van der Waals surface area contributed by atoms with Crippen LogP contribution in [-0.4, -0.2) is 30.7 Å². The topological polar surface area (TPSA) is 65.5 Å². The third kappa shape index (κ3) is 4.48. The summed E-state index contributed by atoms with van der Waals surface area (Å²) in [5.74, 6) is 3.53. The van der Waals surface area contributed by atoms with E-state index in [0.29, 0.717) is 29.7 Å². The van der Waals surface area contributed by atoms with Gasteiger partial charge in [0.15, 0.2) is 0 Å². The number of methoxy groups -OCH3 is 3. The Hall–Kier alpha value is -2.02. The third-order valence-corrected chi connectivity index (χ3v) is 4.00. The van der Waals surface area contributed by atoms with E-state index in [0.717, 1.165) is 22.9 Å². The van der Waals surface area contributed by atoms with Crippen LogP contribution in [0.4, 0.5) is 5.13 Å². The molecular formula is C16H23N3O3S. The van der Waals surface area contributed by atoms with Gasteiger partial charge in [-0.15, -0.1) is 0 Å². The molecule has 2 aromatic rings. The molecule has 1 heterocycles. The number of benzene rings is 1. The highest BCUT2D eigenvalue weighted by Crippen LogP contribution is 2.34. The molecule has 0 fully saturated rings. The summed E-state index contributed by atoms with van der Waals surface area (Å²) in [6, 6.07) is 3.67. The van der Waals surface area contributed by atoms with Crippen LogP contribution in [-0.2, 0) is 13.0 Å². The Morgan fingerprint density at radius 3 is 2.26 bits per heavy atom. The van der Waals surface area contributed by atoms with Crippen molar-refractivity contribution in [3.8, 4) is 17.2 Å². The van der Waals surface area contributed by atoms with Crippen molar-refractivity contribution in [2.45, 2.75) is 26.8 Å². The van der Waals surface area contributed by atoms with Crippen LogP contribution < -0.4 is 19.5 Å². The van der Waals surface area contributed by atoms with Crippen LogP contribution in [0.25, 0.3) is 0 Å². The largest absolute Gasteiger partial charge is 0.496 e. The lowest BCUT2D eigenvalue weighted by atomic mass is 10.1. The van der Waals surface area contributed by atoms with Crippen molar-refractivity contribution < 1.29 is 14.2 Å². The van der Waals surface area contributed by atoms with Gasteiger partial charge in [-0.25, -0.2) is 4.98 Å². The number of anilines is 1. The molecule has 0 aliphatic heterocycles. The molecule has 7 heteroatoms. The molecule has 2 rings (SSSR count). The maximum absolute atomic E-state index is 5.44. The SMILES string of the molecule is COc1cc(OC)c(CNc2nc(CC(C)C)ns2)c(OC)c1.